The quantitative estimate of drug-likeness (QED) is 0.395. The van der Waals surface area contributed by atoms with E-state index in [1.165, 1.54) is 25.1 Å². The summed E-state index contributed by atoms with van der Waals surface area (Å²) >= 11 is 0. The molecule has 1 aromatic rings. The fourth-order valence-electron chi connectivity index (χ4n) is 4.39. The Kier molecular flexibility index (Phi) is 9.32. The number of guanidine groups is 1. The van der Waals surface area contributed by atoms with E-state index in [0.29, 0.717) is 6.04 Å². The molecule has 0 amide bonds. The minimum atomic E-state index is 0. The SMILES string of the molecule is CCC(c1ccccc1)N1CCN(C(=NC)NCC2CCN(C)C2)CC1.I. The minimum Gasteiger partial charge on any atom is -0.356 e. The van der Waals surface area contributed by atoms with E-state index in [4.69, 9.17) is 0 Å². The molecule has 2 aliphatic heterocycles. The summed E-state index contributed by atoms with van der Waals surface area (Å²) in [7, 11) is 4.12. The van der Waals surface area contributed by atoms with Crippen LogP contribution in [-0.2, 0) is 0 Å². The Morgan fingerprint density at radius 3 is 2.41 bits per heavy atom. The Morgan fingerprint density at radius 1 is 1.15 bits per heavy atom. The molecule has 0 aromatic heterocycles. The standard InChI is InChI=1S/C21H35N5.HI/c1-4-20(19-8-6-5-7-9-19)25-12-14-26(15-13-25)21(22-2)23-16-18-10-11-24(3)17-18;/h5-9,18,20H,4,10-17H2,1-3H3,(H,22,23);1H. The molecule has 2 unspecified atom stereocenters. The molecule has 0 bridgehead atoms. The van der Waals surface area contributed by atoms with Gasteiger partial charge in [-0.3, -0.25) is 9.89 Å². The first-order valence-corrected chi connectivity index (χ1v) is 10.1. The Bertz CT molecular complexity index is 571. The van der Waals surface area contributed by atoms with Crippen LogP contribution in [0.1, 0.15) is 31.4 Å². The summed E-state index contributed by atoms with van der Waals surface area (Å²) in [6.07, 6.45) is 2.45. The molecule has 0 spiro atoms. The topological polar surface area (TPSA) is 34.1 Å². The zero-order chi connectivity index (χ0) is 18.4. The number of aliphatic imine (C=N–C) groups is 1. The van der Waals surface area contributed by atoms with E-state index < -0.39 is 0 Å². The second-order valence-electron chi connectivity index (χ2n) is 7.70. The number of halogens is 1. The van der Waals surface area contributed by atoms with Gasteiger partial charge in [0.25, 0.3) is 0 Å². The molecule has 2 saturated heterocycles. The number of nitrogens with one attached hydrogen (secondary N) is 1. The zero-order valence-electron chi connectivity index (χ0n) is 17.1. The summed E-state index contributed by atoms with van der Waals surface area (Å²) in [5.41, 5.74) is 1.44. The largest absolute Gasteiger partial charge is 0.356 e. The van der Waals surface area contributed by atoms with Crippen molar-refractivity contribution in [3.63, 3.8) is 0 Å². The van der Waals surface area contributed by atoms with Gasteiger partial charge in [0.2, 0.25) is 0 Å². The van der Waals surface area contributed by atoms with E-state index in [9.17, 15) is 0 Å². The fraction of sp³-hybridized carbons (Fsp3) is 0.667. The van der Waals surface area contributed by atoms with Crippen molar-refractivity contribution in [3.8, 4) is 0 Å². The van der Waals surface area contributed by atoms with Crippen LogP contribution in [0.25, 0.3) is 0 Å². The number of hydrogen-bond donors (Lipinski definition) is 1. The maximum Gasteiger partial charge on any atom is 0.193 e. The van der Waals surface area contributed by atoms with Gasteiger partial charge in [0.15, 0.2) is 5.96 Å². The number of hydrogen-bond acceptors (Lipinski definition) is 3. The van der Waals surface area contributed by atoms with E-state index in [1.54, 1.807) is 0 Å². The lowest BCUT2D eigenvalue weighted by molar-refractivity contribution is 0.126. The third-order valence-corrected chi connectivity index (χ3v) is 5.88. The number of likely N-dealkylation sites (tertiary alicyclic amines) is 1. The summed E-state index contributed by atoms with van der Waals surface area (Å²) in [6, 6.07) is 11.5. The van der Waals surface area contributed by atoms with E-state index >= 15 is 0 Å². The highest BCUT2D eigenvalue weighted by Crippen LogP contribution is 2.25. The minimum absolute atomic E-state index is 0. The molecule has 2 aliphatic rings. The molecule has 0 aliphatic carbocycles. The monoisotopic (exact) mass is 485 g/mol. The van der Waals surface area contributed by atoms with Crippen LogP contribution in [0.4, 0.5) is 0 Å². The molecule has 0 radical (unpaired) electrons. The van der Waals surface area contributed by atoms with Crippen molar-refractivity contribution in [2.45, 2.75) is 25.8 Å². The second-order valence-corrected chi connectivity index (χ2v) is 7.70. The van der Waals surface area contributed by atoms with Crippen molar-refractivity contribution < 1.29 is 0 Å². The van der Waals surface area contributed by atoms with Crippen LogP contribution < -0.4 is 5.32 Å². The van der Waals surface area contributed by atoms with Gasteiger partial charge in [-0.1, -0.05) is 37.3 Å². The Morgan fingerprint density at radius 2 is 1.85 bits per heavy atom. The summed E-state index contributed by atoms with van der Waals surface area (Å²) in [5, 5.41) is 3.62. The normalized spacial score (nSPS) is 23.1. The van der Waals surface area contributed by atoms with Gasteiger partial charge in [0.05, 0.1) is 0 Å². The van der Waals surface area contributed by atoms with Crippen LogP contribution in [-0.4, -0.2) is 80.6 Å². The van der Waals surface area contributed by atoms with Gasteiger partial charge in [-0.25, -0.2) is 0 Å². The average Bonchev–Trinajstić information content (AvgIpc) is 3.10. The van der Waals surface area contributed by atoms with Gasteiger partial charge >= 0.3 is 0 Å². The first-order valence-electron chi connectivity index (χ1n) is 10.1. The van der Waals surface area contributed by atoms with Crippen molar-refractivity contribution in [2.24, 2.45) is 10.9 Å². The van der Waals surface area contributed by atoms with E-state index in [0.717, 1.165) is 51.0 Å². The van der Waals surface area contributed by atoms with Crippen LogP contribution in [0.15, 0.2) is 35.3 Å². The Balaban J connectivity index is 0.00000261. The molecule has 152 valence electrons. The van der Waals surface area contributed by atoms with Crippen LogP contribution >= 0.6 is 24.0 Å². The molecule has 2 fully saturated rings. The predicted molar refractivity (Wildman–Crippen MR) is 125 cm³/mol. The zero-order valence-corrected chi connectivity index (χ0v) is 19.4. The van der Waals surface area contributed by atoms with Gasteiger partial charge in [0, 0.05) is 52.4 Å². The summed E-state index contributed by atoms with van der Waals surface area (Å²) in [5.74, 6) is 1.83. The maximum atomic E-state index is 4.54. The van der Waals surface area contributed by atoms with Gasteiger partial charge in [-0.15, -0.1) is 24.0 Å². The van der Waals surface area contributed by atoms with Gasteiger partial charge < -0.3 is 15.1 Å². The third-order valence-electron chi connectivity index (χ3n) is 5.88. The highest BCUT2D eigenvalue weighted by Gasteiger charge is 2.26. The average molecular weight is 485 g/mol. The summed E-state index contributed by atoms with van der Waals surface area (Å²) in [6.45, 7) is 10.1. The van der Waals surface area contributed by atoms with Crippen molar-refractivity contribution in [2.75, 3.05) is 59.9 Å². The molecule has 3 rings (SSSR count). The lowest BCUT2D eigenvalue weighted by atomic mass is 10.0. The molecule has 1 N–H and O–H groups in total. The van der Waals surface area contributed by atoms with Crippen molar-refractivity contribution in [1.82, 2.24) is 20.0 Å². The lowest BCUT2D eigenvalue weighted by Crippen LogP contribution is -2.53. The summed E-state index contributed by atoms with van der Waals surface area (Å²) < 4.78 is 0. The van der Waals surface area contributed by atoms with E-state index in [2.05, 4.69) is 69.3 Å². The molecule has 27 heavy (non-hydrogen) atoms. The number of nitrogens with zero attached hydrogens (tertiary/aromatic N) is 4. The molecular formula is C21H36IN5. The molecule has 2 heterocycles. The van der Waals surface area contributed by atoms with Gasteiger partial charge in [0.1, 0.15) is 0 Å². The molecule has 0 saturated carbocycles. The highest BCUT2D eigenvalue weighted by atomic mass is 127. The van der Waals surface area contributed by atoms with Crippen molar-refractivity contribution in [3.05, 3.63) is 35.9 Å². The Labute approximate surface area is 182 Å². The smallest absolute Gasteiger partial charge is 0.193 e. The third kappa shape index (κ3) is 6.06. The second kappa shape index (κ2) is 11.2. The van der Waals surface area contributed by atoms with Crippen LogP contribution in [0.3, 0.4) is 0 Å². The predicted octanol–water partition coefficient (Wildman–Crippen LogP) is 2.90. The number of benzene rings is 1. The van der Waals surface area contributed by atoms with Crippen molar-refractivity contribution in [1.29, 1.82) is 0 Å². The van der Waals surface area contributed by atoms with Gasteiger partial charge in [-0.2, -0.15) is 0 Å². The number of piperazine rings is 1. The van der Waals surface area contributed by atoms with Crippen LogP contribution in [0.2, 0.25) is 0 Å². The molecule has 5 nitrogen and oxygen atoms in total. The molecular weight excluding hydrogens is 449 g/mol. The van der Waals surface area contributed by atoms with Crippen LogP contribution in [0.5, 0.6) is 0 Å². The first kappa shape index (κ1) is 22.4. The van der Waals surface area contributed by atoms with E-state index in [-0.39, 0.29) is 24.0 Å². The van der Waals surface area contributed by atoms with Gasteiger partial charge in [-0.05, 0) is 37.9 Å². The molecule has 2 atom stereocenters. The van der Waals surface area contributed by atoms with E-state index in [1.807, 2.05) is 7.05 Å². The van der Waals surface area contributed by atoms with Crippen molar-refractivity contribution >= 4 is 29.9 Å². The number of rotatable bonds is 5. The maximum absolute atomic E-state index is 4.54. The summed E-state index contributed by atoms with van der Waals surface area (Å²) in [4.78, 5) is 12.0. The highest BCUT2D eigenvalue weighted by molar-refractivity contribution is 14.0. The Hall–Kier alpha value is -0.860. The lowest BCUT2D eigenvalue weighted by Gasteiger charge is -2.40. The molecule has 6 heteroatoms. The fourth-order valence-corrected chi connectivity index (χ4v) is 4.39. The molecule has 1 aromatic carbocycles. The first-order chi connectivity index (χ1) is 12.7. The van der Waals surface area contributed by atoms with Crippen LogP contribution in [0, 0.1) is 5.92 Å².